The van der Waals surface area contributed by atoms with E-state index in [9.17, 15) is 4.79 Å². The van der Waals surface area contributed by atoms with E-state index >= 15 is 0 Å². The van der Waals surface area contributed by atoms with Gasteiger partial charge in [0.25, 0.3) is 5.91 Å². The van der Waals surface area contributed by atoms with Crippen LogP contribution in [0.5, 0.6) is 0 Å². The average molecular weight is 283 g/mol. The fraction of sp³-hybridized carbons (Fsp3) is 0.583. The Bertz CT molecular complexity index is 410. The number of rotatable bonds is 8. The second-order valence-corrected chi connectivity index (χ2v) is 4.36. The Morgan fingerprint density at radius 2 is 2.20 bits per heavy atom. The van der Waals surface area contributed by atoms with Crippen molar-refractivity contribution in [3.63, 3.8) is 0 Å². The number of ether oxygens (including phenoxy) is 1. The van der Waals surface area contributed by atoms with Crippen LogP contribution in [0.1, 0.15) is 24.3 Å². The first-order valence-electron chi connectivity index (χ1n) is 6.38. The molecule has 0 radical (unpaired) electrons. The number of anilines is 1. The molecule has 1 aromatic rings. The number of aliphatic hydroxyl groups excluding tert-OH is 1. The number of amides is 1. The number of aromatic nitrogens is 2. The minimum Gasteiger partial charge on any atom is -0.394 e. The summed E-state index contributed by atoms with van der Waals surface area (Å²) >= 11 is 0. The molecular formula is C12H21N5O3. The number of carbonyl (C=O) groups is 1. The van der Waals surface area contributed by atoms with Crippen molar-refractivity contribution in [1.82, 2.24) is 14.9 Å². The number of aliphatic hydroxyl groups is 1. The van der Waals surface area contributed by atoms with Crippen molar-refractivity contribution in [2.75, 3.05) is 31.8 Å². The highest BCUT2D eigenvalue weighted by Gasteiger charge is 2.20. The van der Waals surface area contributed by atoms with E-state index in [1.807, 2.05) is 13.8 Å². The minimum absolute atomic E-state index is 0.00864. The molecule has 0 aliphatic rings. The quantitative estimate of drug-likeness (QED) is 0.338. The van der Waals surface area contributed by atoms with Crippen molar-refractivity contribution < 1.29 is 14.6 Å². The lowest BCUT2D eigenvalue weighted by Gasteiger charge is -2.26. The maximum atomic E-state index is 12.3. The minimum atomic E-state index is -0.219. The molecule has 0 bridgehead atoms. The molecule has 1 aromatic heterocycles. The van der Waals surface area contributed by atoms with Crippen LogP contribution < -0.4 is 11.3 Å². The maximum absolute atomic E-state index is 12.3. The normalized spacial score (nSPS) is 10.7. The van der Waals surface area contributed by atoms with Gasteiger partial charge in [0.15, 0.2) is 5.82 Å². The van der Waals surface area contributed by atoms with Crippen molar-refractivity contribution in [3.05, 3.63) is 18.1 Å². The van der Waals surface area contributed by atoms with Crippen LogP contribution in [0.2, 0.25) is 0 Å². The van der Waals surface area contributed by atoms with Crippen LogP contribution in [0.4, 0.5) is 5.82 Å². The van der Waals surface area contributed by atoms with E-state index in [0.717, 1.165) is 0 Å². The summed E-state index contributed by atoms with van der Waals surface area (Å²) in [6.45, 7) is 4.83. The van der Waals surface area contributed by atoms with E-state index in [1.165, 1.54) is 12.4 Å². The second-order valence-electron chi connectivity index (χ2n) is 4.36. The van der Waals surface area contributed by atoms with Crippen LogP contribution in [0.25, 0.3) is 0 Å². The third kappa shape index (κ3) is 4.72. The lowest BCUT2D eigenvalue weighted by molar-refractivity contribution is 0.0502. The van der Waals surface area contributed by atoms with Crippen molar-refractivity contribution in [1.29, 1.82) is 0 Å². The van der Waals surface area contributed by atoms with Gasteiger partial charge in [-0.1, -0.05) is 0 Å². The van der Waals surface area contributed by atoms with Crippen LogP contribution in [0.3, 0.4) is 0 Å². The first-order chi connectivity index (χ1) is 9.60. The van der Waals surface area contributed by atoms with Crippen LogP contribution in [0, 0.1) is 0 Å². The van der Waals surface area contributed by atoms with E-state index in [1.54, 1.807) is 4.90 Å². The highest BCUT2D eigenvalue weighted by molar-refractivity contribution is 5.92. The predicted octanol–water partition coefficient (Wildman–Crippen LogP) is -0.378. The molecule has 112 valence electrons. The summed E-state index contributed by atoms with van der Waals surface area (Å²) in [4.78, 5) is 21.9. The zero-order valence-electron chi connectivity index (χ0n) is 11.7. The molecule has 0 atom stereocenters. The van der Waals surface area contributed by atoms with Gasteiger partial charge in [0.05, 0.1) is 32.2 Å². The summed E-state index contributed by atoms with van der Waals surface area (Å²) in [7, 11) is 0. The molecule has 4 N–H and O–H groups in total. The Kier molecular flexibility index (Phi) is 6.85. The van der Waals surface area contributed by atoms with Crippen LogP contribution in [-0.2, 0) is 4.74 Å². The molecule has 1 heterocycles. The van der Waals surface area contributed by atoms with Gasteiger partial charge in [-0.25, -0.2) is 15.8 Å². The topological polar surface area (TPSA) is 114 Å². The number of nitrogens with zero attached hydrogens (tertiary/aromatic N) is 3. The zero-order chi connectivity index (χ0) is 15.0. The molecule has 8 nitrogen and oxygen atoms in total. The Balaban J connectivity index is 2.67. The van der Waals surface area contributed by atoms with Crippen molar-refractivity contribution in [2.24, 2.45) is 5.84 Å². The molecule has 0 unspecified atom stereocenters. The number of nitrogens with two attached hydrogens (primary N) is 1. The van der Waals surface area contributed by atoms with Gasteiger partial charge in [-0.05, 0) is 13.8 Å². The molecule has 0 spiro atoms. The third-order valence-corrected chi connectivity index (χ3v) is 2.62. The number of carbonyl (C=O) groups excluding carboxylic acids is 1. The van der Waals surface area contributed by atoms with Crippen molar-refractivity contribution in [2.45, 2.75) is 19.9 Å². The fourth-order valence-electron chi connectivity index (χ4n) is 1.58. The average Bonchev–Trinajstić information content (AvgIpc) is 2.46. The molecule has 0 aliphatic carbocycles. The number of hydrogen-bond acceptors (Lipinski definition) is 7. The zero-order valence-corrected chi connectivity index (χ0v) is 11.7. The number of hydrazine groups is 1. The number of nitrogens with one attached hydrogen (secondary N) is 1. The van der Waals surface area contributed by atoms with Crippen LogP contribution >= 0.6 is 0 Å². The van der Waals surface area contributed by atoms with Crippen LogP contribution in [-0.4, -0.2) is 58.3 Å². The van der Waals surface area contributed by atoms with Gasteiger partial charge in [-0.3, -0.25) is 4.79 Å². The highest BCUT2D eigenvalue weighted by Crippen LogP contribution is 2.07. The van der Waals surface area contributed by atoms with E-state index in [2.05, 4.69) is 15.4 Å². The smallest absolute Gasteiger partial charge is 0.274 e. The number of hydrogen-bond donors (Lipinski definition) is 3. The van der Waals surface area contributed by atoms with Gasteiger partial charge in [-0.2, -0.15) is 0 Å². The highest BCUT2D eigenvalue weighted by atomic mass is 16.5. The molecule has 1 amide bonds. The Hall–Kier alpha value is -1.77. The lowest BCUT2D eigenvalue weighted by atomic mass is 10.2. The summed E-state index contributed by atoms with van der Waals surface area (Å²) in [5, 5.41) is 8.64. The monoisotopic (exact) mass is 283 g/mol. The third-order valence-electron chi connectivity index (χ3n) is 2.62. The summed E-state index contributed by atoms with van der Waals surface area (Å²) in [5.74, 6) is 5.37. The predicted molar refractivity (Wildman–Crippen MR) is 73.9 cm³/mol. The lowest BCUT2D eigenvalue weighted by Crippen LogP contribution is -2.40. The molecule has 0 aromatic carbocycles. The van der Waals surface area contributed by atoms with Crippen molar-refractivity contribution >= 4 is 11.7 Å². The summed E-state index contributed by atoms with van der Waals surface area (Å²) < 4.78 is 5.18. The molecule has 1 rings (SSSR count). The summed E-state index contributed by atoms with van der Waals surface area (Å²) in [5.41, 5.74) is 2.60. The second kappa shape index (κ2) is 8.41. The van der Waals surface area contributed by atoms with Gasteiger partial charge in [0.1, 0.15) is 5.69 Å². The first-order valence-corrected chi connectivity index (χ1v) is 6.38. The fourth-order valence-corrected chi connectivity index (χ4v) is 1.58. The Morgan fingerprint density at radius 3 is 2.70 bits per heavy atom. The van der Waals surface area contributed by atoms with E-state index in [4.69, 9.17) is 15.7 Å². The van der Waals surface area contributed by atoms with Gasteiger partial charge in [0, 0.05) is 12.6 Å². The summed E-state index contributed by atoms with van der Waals surface area (Å²) in [6.07, 6.45) is 2.77. The largest absolute Gasteiger partial charge is 0.394 e. The SMILES string of the molecule is CC(C)N(CCOCCO)C(=O)c1cnc(NN)cn1. The molecule has 8 heteroatoms. The molecule has 0 saturated heterocycles. The maximum Gasteiger partial charge on any atom is 0.274 e. The van der Waals surface area contributed by atoms with E-state index in [0.29, 0.717) is 19.0 Å². The Morgan fingerprint density at radius 1 is 1.45 bits per heavy atom. The number of nitrogen functional groups attached to an aromatic ring is 1. The molecule has 20 heavy (non-hydrogen) atoms. The standard InChI is InChI=1S/C12H21N5O3/c1-9(2)17(3-5-20-6-4-18)12(19)10-7-15-11(16-13)8-14-10/h7-9,18H,3-6,13H2,1-2H3,(H,15,16). The molecule has 0 aliphatic heterocycles. The molecular weight excluding hydrogens is 262 g/mol. The van der Waals surface area contributed by atoms with Gasteiger partial charge in [0.2, 0.25) is 0 Å². The Labute approximate surface area is 117 Å². The molecule has 0 fully saturated rings. The van der Waals surface area contributed by atoms with Gasteiger partial charge < -0.3 is 20.2 Å². The van der Waals surface area contributed by atoms with E-state index < -0.39 is 0 Å². The molecule has 0 saturated carbocycles. The van der Waals surface area contributed by atoms with Crippen LogP contribution in [0.15, 0.2) is 12.4 Å². The van der Waals surface area contributed by atoms with Gasteiger partial charge in [-0.15, -0.1) is 0 Å². The first kappa shape index (κ1) is 16.3. The summed E-state index contributed by atoms with van der Waals surface area (Å²) in [6, 6.07) is 0.00864. The van der Waals surface area contributed by atoms with Gasteiger partial charge >= 0.3 is 0 Å². The van der Waals surface area contributed by atoms with Crippen molar-refractivity contribution in [3.8, 4) is 0 Å². The van der Waals surface area contributed by atoms with E-state index in [-0.39, 0.29) is 30.9 Å².